The van der Waals surface area contributed by atoms with Gasteiger partial charge in [0.25, 0.3) is 0 Å². The maximum Gasteiger partial charge on any atom is 0.0621 e. The Morgan fingerprint density at radius 3 is 2.85 bits per heavy atom. The van der Waals surface area contributed by atoms with Gasteiger partial charge < -0.3 is 5.32 Å². The Hall–Kier alpha value is -0.640. The topological polar surface area (TPSA) is 35.8 Å². The van der Waals surface area contributed by atoms with Crippen molar-refractivity contribution in [2.75, 3.05) is 24.6 Å². The average molecular weight is 196 g/mol. The number of unbranched alkanes of at least 4 members (excludes halogenated alkanes) is 2. The van der Waals surface area contributed by atoms with Crippen LogP contribution >= 0.6 is 11.8 Å². The van der Waals surface area contributed by atoms with E-state index >= 15 is 0 Å². The van der Waals surface area contributed by atoms with Crippen molar-refractivity contribution >= 4 is 11.8 Å². The van der Waals surface area contributed by atoms with E-state index in [1.165, 1.54) is 0 Å². The lowest BCUT2D eigenvalue weighted by molar-refractivity contribution is 0.650. The molecule has 3 heteroatoms. The van der Waals surface area contributed by atoms with Crippen molar-refractivity contribution in [3.05, 3.63) is 0 Å². The summed E-state index contributed by atoms with van der Waals surface area (Å²) in [4.78, 5) is 0. The van der Waals surface area contributed by atoms with Gasteiger partial charge in [0.1, 0.15) is 0 Å². The molecule has 72 valence electrons. The first kappa shape index (κ1) is 12.4. The molecule has 0 radical (unpaired) electrons. The van der Waals surface area contributed by atoms with Crippen LogP contribution in [0.4, 0.5) is 0 Å². The highest BCUT2D eigenvalue weighted by atomic mass is 32.2. The predicted molar refractivity (Wildman–Crippen MR) is 58.5 cm³/mol. The highest BCUT2D eigenvalue weighted by Crippen LogP contribution is 1.96. The van der Waals surface area contributed by atoms with Crippen LogP contribution in [0.3, 0.4) is 0 Å². The maximum atomic E-state index is 8.27. The van der Waals surface area contributed by atoms with Crippen molar-refractivity contribution < 1.29 is 0 Å². The van der Waals surface area contributed by atoms with Gasteiger partial charge in [0, 0.05) is 18.7 Å². The van der Waals surface area contributed by atoms with Gasteiger partial charge in [-0.3, -0.25) is 0 Å². The zero-order valence-electron chi connectivity index (χ0n) is 7.88. The Labute approximate surface area is 85.1 Å². The van der Waals surface area contributed by atoms with E-state index in [-0.39, 0.29) is 0 Å². The first-order valence-corrected chi connectivity index (χ1v) is 5.66. The van der Waals surface area contributed by atoms with Crippen LogP contribution in [0.5, 0.6) is 0 Å². The number of nitriles is 1. The van der Waals surface area contributed by atoms with Crippen LogP contribution in [0.2, 0.25) is 0 Å². The normalized spacial score (nSPS) is 9.08. The average Bonchev–Trinajstić information content (AvgIpc) is 2.16. The number of nitrogens with one attached hydrogen (secondary N) is 1. The van der Waals surface area contributed by atoms with Gasteiger partial charge >= 0.3 is 0 Å². The minimum atomic E-state index is 0.674. The number of hydrogen-bond donors (Lipinski definition) is 1. The highest BCUT2D eigenvalue weighted by Gasteiger charge is 1.88. The first-order chi connectivity index (χ1) is 6.41. The minimum absolute atomic E-state index is 0.674. The molecule has 2 nitrogen and oxygen atoms in total. The Balaban J connectivity index is 2.85. The lowest BCUT2D eigenvalue weighted by atomic mass is 10.2. The Bertz CT molecular complexity index is 158. The molecule has 0 saturated heterocycles. The summed E-state index contributed by atoms with van der Waals surface area (Å²) in [5.74, 6) is 4.46. The molecule has 0 aromatic heterocycles. The van der Waals surface area contributed by atoms with Crippen molar-refractivity contribution in [3.63, 3.8) is 0 Å². The lowest BCUT2D eigenvalue weighted by Crippen LogP contribution is -2.18. The fourth-order valence-corrected chi connectivity index (χ4v) is 1.41. The second-order valence-electron chi connectivity index (χ2n) is 2.62. The fourth-order valence-electron chi connectivity index (χ4n) is 0.854. The van der Waals surface area contributed by atoms with Gasteiger partial charge in [-0.25, -0.2) is 0 Å². The molecule has 0 aliphatic rings. The molecular formula is C10H16N2S. The summed E-state index contributed by atoms with van der Waals surface area (Å²) < 4.78 is 0. The summed E-state index contributed by atoms with van der Waals surface area (Å²) >= 11 is 1.77. The predicted octanol–water partition coefficient (Wildman–Crippen LogP) is 1.64. The minimum Gasteiger partial charge on any atom is -0.316 e. The van der Waals surface area contributed by atoms with Crippen molar-refractivity contribution in [1.29, 1.82) is 5.26 Å². The van der Waals surface area contributed by atoms with Gasteiger partial charge in [-0.05, 0) is 19.4 Å². The summed E-state index contributed by atoms with van der Waals surface area (Å²) in [5.41, 5.74) is 0. The van der Waals surface area contributed by atoms with E-state index in [0.717, 1.165) is 37.4 Å². The van der Waals surface area contributed by atoms with Crippen LogP contribution in [-0.4, -0.2) is 24.6 Å². The summed E-state index contributed by atoms with van der Waals surface area (Å²) in [7, 11) is 0. The third kappa shape index (κ3) is 11.4. The van der Waals surface area contributed by atoms with Gasteiger partial charge in [-0.15, -0.1) is 18.2 Å². The Morgan fingerprint density at radius 1 is 1.31 bits per heavy atom. The molecule has 0 aromatic carbocycles. The third-order valence-corrected chi connectivity index (χ3v) is 2.36. The number of thioether (sulfide) groups is 1. The van der Waals surface area contributed by atoms with E-state index in [2.05, 4.69) is 17.3 Å². The molecule has 0 atom stereocenters. The van der Waals surface area contributed by atoms with Crippen molar-refractivity contribution in [2.24, 2.45) is 0 Å². The quantitative estimate of drug-likeness (QED) is 0.473. The van der Waals surface area contributed by atoms with Crippen LogP contribution in [0.15, 0.2) is 0 Å². The SMILES string of the molecule is C#CCSCCNCCCCC#N. The molecule has 0 aliphatic carbocycles. The van der Waals surface area contributed by atoms with E-state index in [4.69, 9.17) is 11.7 Å². The summed E-state index contributed by atoms with van der Waals surface area (Å²) in [6.07, 6.45) is 7.87. The highest BCUT2D eigenvalue weighted by molar-refractivity contribution is 7.99. The monoisotopic (exact) mass is 196 g/mol. The van der Waals surface area contributed by atoms with E-state index in [1.54, 1.807) is 11.8 Å². The molecule has 0 bridgehead atoms. The molecule has 0 amide bonds. The summed E-state index contributed by atoms with van der Waals surface area (Å²) in [6.45, 7) is 2.02. The zero-order valence-corrected chi connectivity index (χ0v) is 8.70. The van der Waals surface area contributed by atoms with Gasteiger partial charge in [0.15, 0.2) is 0 Å². The molecule has 0 rings (SSSR count). The fraction of sp³-hybridized carbons (Fsp3) is 0.700. The van der Waals surface area contributed by atoms with Crippen LogP contribution in [0.1, 0.15) is 19.3 Å². The second kappa shape index (κ2) is 11.4. The Kier molecular flexibility index (Phi) is 10.8. The van der Waals surface area contributed by atoms with E-state index in [0.29, 0.717) is 6.42 Å². The van der Waals surface area contributed by atoms with Crippen LogP contribution in [0, 0.1) is 23.7 Å². The lowest BCUT2D eigenvalue weighted by Gasteiger charge is -2.01. The molecule has 0 aromatic rings. The molecule has 13 heavy (non-hydrogen) atoms. The van der Waals surface area contributed by atoms with Gasteiger partial charge in [0.2, 0.25) is 0 Å². The van der Waals surface area contributed by atoms with Gasteiger partial charge in [0.05, 0.1) is 11.8 Å². The molecular weight excluding hydrogens is 180 g/mol. The number of nitrogens with zero attached hydrogens (tertiary/aromatic N) is 1. The first-order valence-electron chi connectivity index (χ1n) is 4.50. The maximum absolute atomic E-state index is 8.27. The second-order valence-corrected chi connectivity index (χ2v) is 3.73. The number of rotatable bonds is 8. The van der Waals surface area contributed by atoms with Crippen LogP contribution < -0.4 is 5.32 Å². The van der Waals surface area contributed by atoms with Crippen LogP contribution in [-0.2, 0) is 0 Å². The molecule has 0 saturated carbocycles. The molecule has 1 N–H and O–H groups in total. The Morgan fingerprint density at radius 2 is 2.15 bits per heavy atom. The number of hydrogen-bond acceptors (Lipinski definition) is 3. The molecule has 0 fully saturated rings. The number of terminal acetylenes is 1. The summed E-state index contributed by atoms with van der Waals surface area (Å²) in [5, 5.41) is 11.6. The smallest absolute Gasteiger partial charge is 0.0621 e. The molecule has 0 unspecified atom stereocenters. The van der Waals surface area contributed by atoms with Gasteiger partial charge in [-0.2, -0.15) is 5.26 Å². The third-order valence-electron chi connectivity index (χ3n) is 1.50. The summed E-state index contributed by atoms with van der Waals surface area (Å²) in [6, 6.07) is 2.13. The molecule has 0 heterocycles. The van der Waals surface area contributed by atoms with Crippen molar-refractivity contribution in [2.45, 2.75) is 19.3 Å². The molecule has 0 spiro atoms. The van der Waals surface area contributed by atoms with Crippen molar-refractivity contribution in [3.8, 4) is 18.4 Å². The zero-order chi connectivity index (χ0) is 9.78. The standard InChI is InChI=1S/C10H16N2S/c1-2-9-13-10-8-12-7-5-3-4-6-11/h1,12H,3-5,7-10H2. The largest absolute Gasteiger partial charge is 0.316 e. The van der Waals surface area contributed by atoms with E-state index < -0.39 is 0 Å². The van der Waals surface area contributed by atoms with Crippen LogP contribution in [0.25, 0.3) is 0 Å². The van der Waals surface area contributed by atoms with Gasteiger partial charge in [-0.1, -0.05) is 5.92 Å². The van der Waals surface area contributed by atoms with E-state index in [1.807, 2.05) is 0 Å². The van der Waals surface area contributed by atoms with E-state index in [9.17, 15) is 0 Å². The van der Waals surface area contributed by atoms with Crippen molar-refractivity contribution in [1.82, 2.24) is 5.32 Å². The molecule has 0 aliphatic heterocycles.